The summed E-state index contributed by atoms with van der Waals surface area (Å²) in [7, 11) is 0. The molecular formula is C13H14O5. The van der Waals surface area contributed by atoms with Crippen LogP contribution in [0, 0.1) is 0 Å². The first-order valence-electron chi connectivity index (χ1n) is 5.85. The zero-order chi connectivity index (χ0) is 13.0. The van der Waals surface area contributed by atoms with Gasteiger partial charge in [-0.15, -0.1) is 0 Å². The summed E-state index contributed by atoms with van der Waals surface area (Å²) in [6.07, 6.45) is 0.879. The number of carbonyl (C=O) groups excluding carboxylic acids is 2. The van der Waals surface area contributed by atoms with Crippen molar-refractivity contribution in [2.75, 3.05) is 13.2 Å². The molecular weight excluding hydrogens is 236 g/mol. The van der Waals surface area contributed by atoms with Crippen LogP contribution in [0.15, 0.2) is 18.2 Å². The molecule has 0 spiro atoms. The van der Waals surface area contributed by atoms with E-state index in [0.717, 1.165) is 0 Å². The van der Waals surface area contributed by atoms with Crippen LogP contribution in [-0.4, -0.2) is 25.2 Å². The molecule has 0 unspecified atom stereocenters. The smallest absolute Gasteiger partial charge is 0.345 e. The topological polar surface area (TPSA) is 61.8 Å². The predicted octanol–water partition coefficient (Wildman–Crippen LogP) is 1.94. The monoisotopic (exact) mass is 250 g/mol. The molecule has 1 heterocycles. The van der Waals surface area contributed by atoms with Crippen LogP contribution < -0.4 is 9.47 Å². The normalized spacial score (nSPS) is 12.9. The van der Waals surface area contributed by atoms with Crippen molar-refractivity contribution in [2.45, 2.75) is 19.8 Å². The highest BCUT2D eigenvalue weighted by Crippen LogP contribution is 2.30. The van der Waals surface area contributed by atoms with Crippen molar-refractivity contribution in [1.82, 2.24) is 0 Å². The molecule has 0 radical (unpaired) electrons. The molecule has 0 aromatic heterocycles. The third-order valence-electron chi connectivity index (χ3n) is 2.44. The van der Waals surface area contributed by atoms with E-state index < -0.39 is 11.9 Å². The van der Waals surface area contributed by atoms with E-state index in [1.54, 1.807) is 12.1 Å². The number of rotatable bonds is 3. The minimum absolute atomic E-state index is 0.232. The van der Waals surface area contributed by atoms with Crippen molar-refractivity contribution in [2.24, 2.45) is 0 Å². The van der Waals surface area contributed by atoms with Crippen LogP contribution in [0.4, 0.5) is 0 Å². The van der Waals surface area contributed by atoms with Gasteiger partial charge in [-0.1, -0.05) is 6.92 Å². The average Bonchev–Trinajstić information content (AvgIpc) is 2.38. The Bertz CT molecular complexity index is 466. The van der Waals surface area contributed by atoms with Crippen LogP contribution in [0.3, 0.4) is 0 Å². The molecule has 0 N–H and O–H groups in total. The molecule has 2 rings (SSSR count). The highest BCUT2D eigenvalue weighted by atomic mass is 16.6. The second kappa shape index (κ2) is 5.53. The van der Waals surface area contributed by atoms with Crippen LogP contribution >= 0.6 is 0 Å². The Labute approximate surface area is 105 Å². The molecule has 0 atom stereocenters. The number of esters is 2. The lowest BCUT2D eigenvalue weighted by molar-refractivity contribution is -0.137. The van der Waals surface area contributed by atoms with Crippen molar-refractivity contribution >= 4 is 11.9 Å². The molecule has 1 aromatic rings. The van der Waals surface area contributed by atoms with E-state index in [4.69, 9.17) is 14.2 Å². The zero-order valence-electron chi connectivity index (χ0n) is 10.1. The number of hydrogen-bond donors (Lipinski definition) is 0. The summed E-state index contributed by atoms with van der Waals surface area (Å²) in [4.78, 5) is 22.9. The third kappa shape index (κ3) is 2.80. The van der Waals surface area contributed by atoms with Crippen LogP contribution in [-0.2, 0) is 9.53 Å². The lowest BCUT2D eigenvalue weighted by Gasteiger charge is -2.18. The Hall–Kier alpha value is -2.04. The van der Waals surface area contributed by atoms with Gasteiger partial charge in [-0.05, 0) is 24.6 Å². The highest BCUT2D eigenvalue weighted by Gasteiger charge is 2.17. The summed E-state index contributed by atoms with van der Waals surface area (Å²) in [5.41, 5.74) is 0.281. The van der Waals surface area contributed by atoms with Gasteiger partial charge in [-0.25, -0.2) is 4.79 Å². The van der Waals surface area contributed by atoms with Gasteiger partial charge < -0.3 is 14.2 Å². The van der Waals surface area contributed by atoms with E-state index in [2.05, 4.69) is 0 Å². The van der Waals surface area contributed by atoms with Crippen molar-refractivity contribution in [3.63, 3.8) is 0 Å². The number of hydrogen-bond acceptors (Lipinski definition) is 5. The minimum atomic E-state index is -0.662. The second-order valence-corrected chi connectivity index (χ2v) is 3.87. The van der Waals surface area contributed by atoms with Gasteiger partial charge in [0.15, 0.2) is 11.5 Å². The molecule has 0 aliphatic carbocycles. The summed E-state index contributed by atoms with van der Waals surface area (Å²) < 4.78 is 15.4. The van der Waals surface area contributed by atoms with Crippen LogP contribution in [0.2, 0.25) is 0 Å². The fourth-order valence-corrected chi connectivity index (χ4v) is 1.59. The Morgan fingerprint density at radius 2 is 1.94 bits per heavy atom. The van der Waals surface area contributed by atoms with Gasteiger partial charge in [0.1, 0.15) is 13.2 Å². The van der Waals surface area contributed by atoms with Gasteiger partial charge in [-0.3, -0.25) is 4.79 Å². The van der Waals surface area contributed by atoms with Gasteiger partial charge in [0, 0.05) is 6.42 Å². The first kappa shape index (κ1) is 12.4. The van der Waals surface area contributed by atoms with E-state index in [0.29, 0.717) is 31.1 Å². The van der Waals surface area contributed by atoms with E-state index in [1.807, 2.05) is 6.92 Å². The first-order chi connectivity index (χ1) is 8.70. The number of benzene rings is 1. The Morgan fingerprint density at radius 1 is 1.22 bits per heavy atom. The summed E-state index contributed by atoms with van der Waals surface area (Å²) in [6, 6.07) is 4.71. The van der Waals surface area contributed by atoms with Crippen molar-refractivity contribution in [3.05, 3.63) is 23.8 Å². The molecule has 0 amide bonds. The standard InChI is InChI=1S/C13H14O5/c1-2-3-12(14)18-13(15)9-4-5-10-11(8-9)17-7-6-16-10/h4-5,8H,2-3,6-7H2,1H3. The van der Waals surface area contributed by atoms with E-state index >= 15 is 0 Å². The predicted molar refractivity (Wildman–Crippen MR) is 62.8 cm³/mol. The van der Waals surface area contributed by atoms with Gasteiger partial charge in [0.05, 0.1) is 5.56 Å². The highest BCUT2D eigenvalue weighted by molar-refractivity contribution is 5.97. The maximum Gasteiger partial charge on any atom is 0.345 e. The second-order valence-electron chi connectivity index (χ2n) is 3.87. The van der Waals surface area contributed by atoms with Gasteiger partial charge in [0.2, 0.25) is 0 Å². The molecule has 1 aromatic carbocycles. The molecule has 1 aliphatic heterocycles. The summed E-state index contributed by atoms with van der Waals surface area (Å²) in [5.74, 6) is -0.0841. The van der Waals surface area contributed by atoms with E-state index in [9.17, 15) is 9.59 Å². The minimum Gasteiger partial charge on any atom is -0.486 e. The zero-order valence-corrected chi connectivity index (χ0v) is 10.1. The quantitative estimate of drug-likeness (QED) is 0.606. The molecule has 1 aliphatic rings. The molecule has 5 nitrogen and oxygen atoms in total. The first-order valence-corrected chi connectivity index (χ1v) is 5.85. The fraction of sp³-hybridized carbons (Fsp3) is 0.385. The number of ether oxygens (including phenoxy) is 3. The lowest BCUT2D eigenvalue weighted by atomic mass is 10.2. The maximum absolute atomic E-state index is 11.7. The Balaban J connectivity index is 2.09. The van der Waals surface area contributed by atoms with Gasteiger partial charge in [0.25, 0.3) is 0 Å². The maximum atomic E-state index is 11.7. The number of carbonyl (C=O) groups is 2. The van der Waals surface area contributed by atoms with Crippen molar-refractivity contribution in [1.29, 1.82) is 0 Å². The number of fused-ring (bicyclic) bond motifs is 1. The summed E-state index contributed by atoms with van der Waals surface area (Å²) in [5, 5.41) is 0. The van der Waals surface area contributed by atoms with Crippen LogP contribution in [0.25, 0.3) is 0 Å². The molecule has 18 heavy (non-hydrogen) atoms. The SMILES string of the molecule is CCCC(=O)OC(=O)c1ccc2c(c1)OCCO2. The largest absolute Gasteiger partial charge is 0.486 e. The Kier molecular flexibility index (Phi) is 3.82. The summed E-state index contributed by atoms with van der Waals surface area (Å²) >= 11 is 0. The van der Waals surface area contributed by atoms with Crippen LogP contribution in [0.1, 0.15) is 30.1 Å². The summed E-state index contributed by atoms with van der Waals surface area (Å²) in [6.45, 7) is 2.78. The van der Waals surface area contributed by atoms with Gasteiger partial charge >= 0.3 is 11.9 Å². The van der Waals surface area contributed by atoms with E-state index in [-0.39, 0.29) is 12.0 Å². The lowest BCUT2D eigenvalue weighted by Crippen LogP contribution is -2.17. The molecule has 0 saturated carbocycles. The molecule has 0 bridgehead atoms. The van der Waals surface area contributed by atoms with Crippen molar-refractivity contribution in [3.8, 4) is 11.5 Å². The van der Waals surface area contributed by atoms with Crippen molar-refractivity contribution < 1.29 is 23.8 Å². The molecule has 0 fully saturated rings. The van der Waals surface area contributed by atoms with Crippen LogP contribution in [0.5, 0.6) is 11.5 Å². The van der Waals surface area contributed by atoms with E-state index in [1.165, 1.54) is 6.07 Å². The molecule has 0 saturated heterocycles. The third-order valence-corrected chi connectivity index (χ3v) is 2.44. The molecule has 5 heteroatoms. The average molecular weight is 250 g/mol. The fourth-order valence-electron chi connectivity index (χ4n) is 1.59. The Morgan fingerprint density at radius 3 is 2.67 bits per heavy atom. The van der Waals surface area contributed by atoms with Gasteiger partial charge in [-0.2, -0.15) is 0 Å². The molecule has 96 valence electrons.